The van der Waals surface area contributed by atoms with Crippen LogP contribution in [-0.2, 0) is 11.0 Å². The number of carbonyl (C=O) groups excluding carboxylic acids is 1. The lowest BCUT2D eigenvalue weighted by molar-refractivity contribution is -0.137. The molecule has 122 valence electrons. The smallest absolute Gasteiger partial charge is 0.349 e. The predicted octanol–water partition coefficient (Wildman–Crippen LogP) is 3.72. The number of benzene rings is 1. The monoisotopic (exact) mass is 358 g/mol. The van der Waals surface area contributed by atoms with Crippen LogP contribution in [0.15, 0.2) is 34.2 Å². The number of aliphatic imine (C=N–C) groups is 1. The second-order valence-electron chi connectivity index (χ2n) is 4.99. The number of hydrogen-bond donors (Lipinski definition) is 0. The minimum absolute atomic E-state index is 0.0125. The Morgan fingerprint density at radius 2 is 1.87 bits per heavy atom. The molecule has 0 N–H and O–H groups in total. The van der Waals surface area contributed by atoms with E-state index in [9.17, 15) is 18.0 Å². The van der Waals surface area contributed by atoms with Crippen molar-refractivity contribution in [3.63, 3.8) is 0 Å². The molecule has 0 aromatic heterocycles. The number of hydrogen-bond acceptors (Lipinski definition) is 4. The van der Waals surface area contributed by atoms with Crippen LogP contribution in [-0.4, -0.2) is 40.6 Å². The molecule has 0 aliphatic carbocycles. The fourth-order valence-electron chi connectivity index (χ4n) is 2.31. The summed E-state index contributed by atoms with van der Waals surface area (Å²) >= 11 is 2.99. The van der Waals surface area contributed by atoms with Crippen LogP contribution in [0.1, 0.15) is 11.1 Å². The maximum atomic E-state index is 13.0. The van der Waals surface area contributed by atoms with Crippen LogP contribution in [0.25, 0.3) is 6.08 Å². The number of rotatable bonds is 1. The van der Waals surface area contributed by atoms with E-state index in [4.69, 9.17) is 0 Å². The molecule has 0 atom stereocenters. The third-order valence-electron chi connectivity index (χ3n) is 3.44. The molecule has 2 aliphatic heterocycles. The zero-order valence-corrected chi connectivity index (χ0v) is 13.6. The summed E-state index contributed by atoms with van der Waals surface area (Å²) in [6.45, 7) is 1.60. The van der Waals surface area contributed by atoms with Crippen LogP contribution in [0.2, 0.25) is 0 Å². The van der Waals surface area contributed by atoms with Crippen molar-refractivity contribution in [2.45, 2.75) is 6.18 Å². The molecule has 8 heteroatoms. The van der Waals surface area contributed by atoms with E-state index in [0.29, 0.717) is 5.17 Å². The summed E-state index contributed by atoms with van der Waals surface area (Å²) in [7, 11) is 0. The lowest BCUT2D eigenvalue weighted by Gasteiger charge is -2.26. The van der Waals surface area contributed by atoms with E-state index >= 15 is 0 Å². The van der Waals surface area contributed by atoms with Crippen LogP contribution in [0.3, 0.4) is 0 Å². The summed E-state index contributed by atoms with van der Waals surface area (Å²) < 4.78 is 39.1. The highest BCUT2D eigenvalue weighted by Gasteiger charge is 2.33. The Bertz CT molecular complexity index is 680. The highest BCUT2D eigenvalue weighted by molar-refractivity contribution is 8.18. The molecule has 2 aliphatic rings. The number of amidine groups is 1. The fraction of sp³-hybridized carbons (Fsp3) is 0.333. The van der Waals surface area contributed by atoms with Crippen molar-refractivity contribution in [2.24, 2.45) is 4.99 Å². The molecule has 1 aromatic rings. The quantitative estimate of drug-likeness (QED) is 0.716. The fourth-order valence-corrected chi connectivity index (χ4v) is 4.17. The Balaban J connectivity index is 1.84. The van der Waals surface area contributed by atoms with Gasteiger partial charge in [-0.05, 0) is 29.5 Å². The third kappa shape index (κ3) is 3.74. The van der Waals surface area contributed by atoms with Crippen molar-refractivity contribution in [2.75, 3.05) is 24.6 Å². The number of thioether (sulfide) groups is 2. The Kier molecular flexibility index (Phi) is 4.72. The summed E-state index contributed by atoms with van der Waals surface area (Å²) in [6, 6.07) is 5.23. The first-order valence-corrected chi connectivity index (χ1v) is 8.94. The maximum Gasteiger partial charge on any atom is 0.416 e. The van der Waals surface area contributed by atoms with Gasteiger partial charge in [0.25, 0.3) is 5.91 Å². The van der Waals surface area contributed by atoms with E-state index in [-0.39, 0.29) is 10.5 Å². The highest BCUT2D eigenvalue weighted by Crippen LogP contribution is 2.36. The van der Waals surface area contributed by atoms with E-state index in [0.717, 1.165) is 42.4 Å². The van der Waals surface area contributed by atoms with Gasteiger partial charge in [0.05, 0.1) is 10.5 Å². The van der Waals surface area contributed by atoms with Gasteiger partial charge in [-0.3, -0.25) is 4.79 Å². The minimum Gasteiger partial charge on any atom is -0.349 e. The van der Waals surface area contributed by atoms with Crippen LogP contribution in [0.5, 0.6) is 0 Å². The molecule has 0 unspecified atom stereocenters. The Labute approximate surface area is 140 Å². The Morgan fingerprint density at radius 3 is 2.57 bits per heavy atom. The maximum absolute atomic E-state index is 13.0. The third-order valence-corrected chi connectivity index (χ3v) is 5.43. The van der Waals surface area contributed by atoms with Gasteiger partial charge in [-0.25, -0.2) is 0 Å². The molecule has 23 heavy (non-hydrogen) atoms. The normalized spacial score (nSPS) is 21.0. The van der Waals surface area contributed by atoms with Crippen molar-refractivity contribution in [1.29, 1.82) is 0 Å². The molecule has 3 rings (SSSR count). The standard InChI is InChI=1S/C15H13F3N2OS2/c16-15(17,18)11-4-2-1-3-10(11)9-12-13(21)19-14(23-12)20-5-7-22-8-6-20/h1-4,9H,5-8H2. The predicted molar refractivity (Wildman–Crippen MR) is 88.4 cm³/mol. The average molecular weight is 358 g/mol. The molecule has 1 aromatic carbocycles. The summed E-state index contributed by atoms with van der Waals surface area (Å²) in [4.78, 5) is 18.2. The summed E-state index contributed by atoms with van der Waals surface area (Å²) in [5.41, 5.74) is -0.759. The summed E-state index contributed by atoms with van der Waals surface area (Å²) in [5, 5.41) is 0.589. The zero-order chi connectivity index (χ0) is 16.4. The molecule has 0 saturated carbocycles. The first-order valence-electron chi connectivity index (χ1n) is 6.96. The van der Waals surface area contributed by atoms with Gasteiger partial charge in [0.15, 0.2) is 5.17 Å². The van der Waals surface area contributed by atoms with Gasteiger partial charge in [-0.1, -0.05) is 18.2 Å². The second kappa shape index (κ2) is 6.60. The van der Waals surface area contributed by atoms with Gasteiger partial charge in [0, 0.05) is 24.6 Å². The van der Waals surface area contributed by atoms with E-state index in [2.05, 4.69) is 4.99 Å². The van der Waals surface area contributed by atoms with Crippen molar-refractivity contribution >= 4 is 40.7 Å². The van der Waals surface area contributed by atoms with Gasteiger partial charge in [0.1, 0.15) is 0 Å². The second-order valence-corrected chi connectivity index (χ2v) is 7.23. The largest absolute Gasteiger partial charge is 0.416 e. The number of carbonyl (C=O) groups is 1. The lowest BCUT2D eigenvalue weighted by Crippen LogP contribution is -2.35. The summed E-state index contributed by atoms with van der Waals surface area (Å²) in [6.07, 6.45) is -3.17. The van der Waals surface area contributed by atoms with Gasteiger partial charge < -0.3 is 4.90 Å². The van der Waals surface area contributed by atoms with E-state index in [1.165, 1.54) is 24.3 Å². The lowest BCUT2D eigenvalue weighted by atomic mass is 10.1. The van der Waals surface area contributed by atoms with E-state index in [1.54, 1.807) is 0 Å². The molecule has 0 spiro atoms. The molecular weight excluding hydrogens is 345 g/mol. The van der Waals surface area contributed by atoms with Crippen molar-refractivity contribution in [1.82, 2.24) is 4.90 Å². The first-order chi connectivity index (χ1) is 10.9. The SMILES string of the molecule is O=C1N=C(N2CCSCC2)SC1=Cc1ccccc1C(F)(F)F. The molecule has 0 bridgehead atoms. The Morgan fingerprint density at radius 1 is 1.17 bits per heavy atom. The number of nitrogens with zero attached hydrogens (tertiary/aromatic N) is 2. The van der Waals surface area contributed by atoms with E-state index < -0.39 is 17.6 Å². The molecule has 1 fully saturated rings. The molecule has 1 saturated heterocycles. The molecule has 2 heterocycles. The van der Waals surface area contributed by atoms with Gasteiger partial charge in [-0.2, -0.15) is 29.9 Å². The molecular formula is C15H13F3N2OS2. The Hall–Kier alpha value is -1.41. The van der Waals surface area contributed by atoms with E-state index in [1.807, 2.05) is 16.7 Å². The first kappa shape index (κ1) is 16.4. The minimum atomic E-state index is -4.45. The van der Waals surface area contributed by atoms with Crippen LogP contribution < -0.4 is 0 Å². The van der Waals surface area contributed by atoms with Gasteiger partial charge in [0.2, 0.25) is 0 Å². The van der Waals surface area contributed by atoms with Crippen LogP contribution >= 0.6 is 23.5 Å². The average Bonchev–Trinajstić information content (AvgIpc) is 2.89. The highest BCUT2D eigenvalue weighted by atomic mass is 32.2. The zero-order valence-electron chi connectivity index (χ0n) is 12.0. The van der Waals surface area contributed by atoms with Gasteiger partial charge in [-0.15, -0.1) is 0 Å². The molecule has 1 amide bonds. The number of amides is 1. The van der Waals surface area contributed by atoms with Gasteiger partial charge >= 0.3 is 6.18 Å². The molecule has 0 radical (unpaired) electrons. The topological polar surface area (TPSA) is 32.7 Å². The summed E-state index contributed by atoms with van der Waals surface area (Å²) in [5.74, 6) is 1.45. The van der Waals surface area contributed by atoms with Crippen molar-refractivity contribution in [3.8, 4) is 0 Å². The molecule has 3 nitrogen and oxygen atoms in total. The van der Waals surface area contributed by atoms with Crippen molar-refractivity contribution in [3.05, 3.63) is 40.3 Å². The number of alkyl halides is 3. The number of halogens is 3. The van der Waals surface area contributed by atoms with Crippen LogP contribution in [0, 0.1) is 0 Å². The van der Waals surface area contributed by atoms with Crippen molar-refractivity contribution < 1.29 is 18.0 Å². The van der Waals surface area contributed by atoms with Crippen LogP contribution in [0.4, 0.5) is 13.2 Å².